The highest BCUT2D eigenvalue weighted by atomic mass is 19.1. The van der Waals surface area contributed by atoms with Gasteiger partial charge in [-0.3, -0.25) is 0 Å². The average Bonchev–Trinajstić information content (AvgIpc) is 2.66. The highest BCUT2D eigenvalue weighted by Crippen LogP contribution is 2.24. The van der Waals surface area contributed by atoms with E-state index in [-0.39, 0.29) is 18.0 Å². The largest absolute Gasteiger partial charge is 0.444 e. The standard InChI is InChI=1S/C10H8F2N2O/c11-7-2-1-3-8(12)9(7)10-14-6(4-13)5-15-10/h1-3,5H,4,13H2. The monoisotopic (exact) mass is 210 g/mol. The smallest absolute Gasteiger partial charge is 0.232 e. The van der Waals surface area contributed by atoms with E-state index in [2.05, 4.69) is 4.98 Å². The minimum Gasteiger partial charge on any atom is -0.444 e. The Morgan fingerprint density at radius 2 is 1.93 bits per heavy atom. The van der Waals surface area contributed by atoms with Crippen molar-refractivity contribution in [3.8, 4) is 11.5 Å². The van der Waals surface area contributed by atoms with Gasteiger partial charge < -0.3 is 10.2 Å². The predicted molar refractivity (Wildman–Crippen MR) is 49.7 cm³/mol. The molecule has 0 bridgehead atoms. The lowest BCUT2D eigenvalue weighted by atomic mass is 10.2. The molecule has 0 aliphatic heterocycles. The van der Waals surface area contributed by atoms with Gasteiger partial charge in [0.05, 0.1) is 5.69 Å². The van der Waals surface area contributed by atoms with Crippen molar-refractivity contribution < 1.29 is 13.2 Å². The first-order valence-electron chi connectivity index (χ1n) is 4.31. The number of benzene rings is 1. The average molecular weight is 210 g/mol. The van der Waals surface area contributed by atoms with E-state index in [9.17, 15) is 8.78 Å². The summed E-state index contributed by atoms with van der Waals surface area (Å²) in [6.45, 7) is 0.166. The Bertz CT molecular complexity index is 462. The van der Waals surface area contributed by atoms with Crippen LogP contribution < -0.4 is 5.73 Å². The Morgan fingerprint density at radius 1 is 1.27 bits per heavy atom. The van der Waals surface area contributed by atoms with Crippen LogP contribution in [0, 0.1) is 11.6 Å². The number of halogens is 2. The minimum atomic E-state index is -0.708. The summed E-state index contributed by atoms with van der Waals surface area (Å²) in [7, 11) is 0. The van der Waals surface area contributed by atoms with E-state index in [0.717, 1.165) is 12.1 Å². The molecule has 0 saturated carbocycles. The van der Waals surface area contributed by atoms with E-state index in [0.29, 0.717) is 5.69 Å². The molecular weight excluding hydrogens is 202 g/mol. The fourth-order valence-electron chi connectivity index (χ4n) is 1.22. The SMILES string of the molecule is NCc1coc(-c2c(F)cccc2F)n1. The van der Waals surface area contributed by atoms with Crippen molar-refractivity contribution >= 4 is 0 Å². The van der Waals surface area contributed by atoms with E-state index >= 15 is 0 Å². The molecule has 2 rings (SSSR count). The molecule has 1 heterocycles. The highest BCUT2D eigenvalue weighted by Gasteiger charge is 2.15. The normalized spacial score (nSPS) is 10.6. The molecule has 0 saturated heterocycles. The predicted octanol–water partition coefficient (Wildman–Crippen LogP) is 2.08. The van der Waals surface area contributed by atoms with Gasteiger partial charge in [-0.15, -0.1) is 0 Å². The first-order chi connectivity index (χ1) is 7.22. The zero-order valence-corrected chi connectivity index (χ0v) is 7.71. The van der Waals surface area contributed by atoms with Gasteiger partial charge in [0.1, 0.15) is 23.5 Å². The maximum absolute atomic E-state index is 13.3. The van der Waals surface area contributed by atoms with Crippen molar-refractivity contribution in [2.24, 2.45) is 5.73 Å². The number of nitrogens with zero attached hydrogens (tertiary/aromatic N) is 1. The van der Waals surface area contributed by atoms with Crippen LogP contribution in [0.15, 0.2) is 28.9 Å². The number of hydrogen-bond acceptors (Lipinski definition) is 3. The van der Waals surface area contributed by atoms with E-state index < -0.39 is 11.6 Å². The molecule has 0 aliphatic rings. The van der Waals surface area contributed by atoms with Crippen LogP contribution in [0.4, 0.5) is 8.78 Å². The lowest BCUT2D eigenvalue weighted by Crippen LogP contribution is -1.96. The van der Waals surface area contributed by atoms with Gasteiger partial charge in [0.2, 0.25) is 5.89 Å². The van der Waals surface area contributed by atoms with Crippen molar-refractivity contribution in [2.45, 2.75) is 6.54 Å². The van der Waals surface area contributed by atoms with Gasteiger partial charge in [0.15, 0.2) is 0 Å². The van der Waals surface area contributed by atoms with Gasteiger partial charge in [-0.25, -0.2) is 13.8 Å². The third-order valence-electron chi connectivity index (χ3n) is 1.94. The third-order valence-corrected chi connectivity index (χ3v) is 1.94. The summed E-state index contributed by atoms with van der Waals surface area (Å²) in [5, 5.41) is 0. The lowest BCUT2D eigenvalue weighted by Gasteiger charge is -1.98. The zero-order valence-electron chi connectivity index (χ0n) is 7.71. The Hall–Kier alpha value is -1.75. The quantitative estimate of drug-likeness (QED) is 0.825. The topological polar surface area (TPSA) is 52.0 Å². The molecule has 2 N–H and O–H groups in total. The number of nitrogens with two attached hydrogens (primary N) is 1. The van der Waals surface area contributed by atoms with Gasteiger partial charge in [0.25, 0.3) is 0 Å². The minimum absolute atomic E-state index is 0.0916. The van der Waals surface area contributed by atoms with Gasteiger partial charge in [-0.05, 0) is 12.1 Å². The third kappa shape index (κ3) is 1.73. The van der Waals surface area contributed by atoms with Crippen molar-refractivity contribution in [3.63, 3.8) is 0 Å². The lowest BCUT2D eigenvalue weighted by molar-refractivity contribution is 0.541. The molecule has 1 aromatic carbocycles. The molecule has 3 nitrogen and oxygen atoms in total. The van der Waals surface area contributed by atoms with Crippen LogP contribution in [-0.2, 0) is 6.54 Å². The number of hydrogen-bond donors (Lipinski definition) is 1. The summed E-state index contributed by atoms with van der Waals surface area (Å²) in [6.07, 6.45) is 1.28. The molecule has 0 radical (unpaired) electrons. The fraction of sp³-hybridized carbons (Fsp3) is 0.100. The van der Waals surface area contributed by atoms with Crippen molar-refractivity contribution in [1.29, 1.82) is 0 Å². The number of rotatable bonds is 2. The molecule has 15 heavy (non-hydrogen) atoms. The summed E-state index contributed by atoms with van der Waals surface area (Å²) in [4.78, 5) is 3.85. The Morgan fingerprint density at radius 3 is 2.47 bits per heavy atom. The Balaban J connectivity index is 2.53. The number of oxazole rings is 1. The molecular formula is C10H8F2N2O. The maximum Gasteiger partial charge on any atom is 0.232 e. The van der Waals surface area contributed by atoms with Crippen molar-refractivity contribution in [2.75, 3.05) is 0 Å². The van der Waals surface area contributed by atoms with Crippen LogP contribution >= 0.6 is 0 Å². The maximum atomic E-state index is 13.3. The Labute approximate surface area is 84.5 Å². The van der Waals surface area contributed by atoms with Gasteiger partial charge >= 0.3 is 0 Å². The summed E-state index contributed by atoms with van der Waals surface area (Å²) in [6, 6.07) is 3.57. The van der Waals surface area contributed by atoms with Crippen LogP contribution in [0.3, 0.4) is 0 Å². The van der Waals surface area contributed by atoms with Crippen LogP contribution in [0.25, 0.3) is 11.5 Å². The van der Waals surface area contributed by atoms with Gasteiger partial charge in [0, 0.05) is 6.54 Å². The molecule has 0 fully saturated rings. The molecule has 0 amide bonds. The van der Waals surface area contributed by atoms with Crippen molar-refractivity contribution in [3.05, 3.63) is 41.8 Å². The summed E-state index contributed by atoms with van der Waals surface area (Å²) in [5.41, 5.74) is 5.49. The molecule has 0 aliphatic carbocycles. The van der Waals surface area contributed by atoms with E-state index in [1.165, 1.54) is 12.3 Å². The molecule has 78 valence electrons. The number of aromatic nitrogens is 1. The summed E-state index contributed by atoms with van der Waals surface area (Å²) >= 11 is 0. The van der Waals surface area contributed by atoms with Crippen LogP contribution in [0.1, 0.15) is 5.69 Å². The second-order valence-corrected chi connectivity index (χ2v) is 2.94. The molecule has 5 heteroatoms. The summed E-state index contributed by atoms with van der Waals surface area (Å²) < 4.78 is 31.5. The Kier molecular flexibility index (Phi) is 2.47. The van der Waals surface area contributed by atoms with Crippen molar-refractivity contribution in [1.82, 2.24) is 4.98 Å². The van der Waals surface area contributed by atoms with Crippen LogP contribution in [-0.4, -0.2) is 4.98 Å². The van der Waals surface area contributed by atoms with Crippen LogP contribution in [0.2, 0.25) is 0 Å². The fourth-order valence-corrected chi connectivity index (χ4v) is 1.22. The zero-order chi connectivity index (χ0) is 10.8. The van der Waals surface area contributed by atoms with Gasteiger partial charge in [-0.2, -0.15) is 0 Å². The van der Waals surface area contributed by atoms with Crippen LogP contribution in [0.5, 0.6) is 0 Å². The first kappa shape index (κ1) is 9.79. The molecule has 2 aromatic rings. The van der Waals surface area contributed by atoms with E-state index in [4.69, 9.17) is 10.2 Å². The summed E-state index contributed by atoms with van der Waals surface area (Å²) in [5.74, 6) is -1.51. The van der Waals surface area contributed by atoms with Gasteiger partial charge in [-0.1, -0.05) is 6.07 Å². The second kappa shape index (κ2) is 3.78. The molecule has 1 aromatic heterocycles. The second-order valence-electron chi connectivity index (χ2n) is 2.94. The first-order valence-corrected chi connectivity index (χ1v) is 4.31. The van der Waals surface area contributed by atoms with E-state index in [1.807, 2.05) is 0 Å². The van der Waals surface area contributed by atoms with E-state index in [1.54, 1.807) is 0 Å². The molecule has 0 spiro atoms. The molecule has 0 atom stereocenters. The molecule has 0 unspecified atom stereocenters. The highest BCUT2D eigenvalue weighted by molar-refractivity contribution is 5.55.